The number of carbonyl (C=O) groups excluding carboxylic acids is 1. The molecule has 3 aromatic rings. The standard InChI is InChI=1S/C19H13Cl3N2O3S/c20-13-7-9-15(21)17(11-13)23-19(25)12-6-8-16(22)18(10-12)28(26,27)24-14-4-2-1-3-5-14/h1-11,24H,(H,23,25). The maximum atomic E-state index is 12.7. The smallest absolute Gasteiger partial charge is 0.263 e. The zero-order chi connectivity index (χ0) is 20.3. The van der Waals surface area contributed by atoms with E-state index in [1.807, 2.05) is 0 Å². The Hall–Kier alpha value is -2.25. The van der Waals surface area contributed by atoms with Gasteiger partial charge in [-0.3, -0.25) is 9.52 Å². The van der Waals surface area contributed by atoms with E-state index in [0.29, 0.717) is 21.4 Å². The van der Waals surface area contributed by atoms with Gasteiger partial charge >= 0.3 is 0 Å². The van der Waals surface area contributed by atoms with Crippen LogP contribution in [0.3, 0.4) is 0 Å². The van der Waals surface area contributed by atoms with Crippen molar-refractivity contribution in [3.63, 3.8) is 0 Å². The molecule has 0 unspecified atom stereocenters. The third kappa shape index (κ3) is 4.77. The summed E-state index contributed by atoms with van der Waals surface area (Å²) in [5.74, 6) is -0.558. The summed E-state index contributed by atoms with van der Waals surface area (Å²) in [5.41, 5.74) is 0.772. The highest BCUT2D eigenvalue weighted by atomic mass is 35.5. The average Bonchev–Trinajstić information content (AvgIpc) is 2.65. The van der Waals surface area contributed by atoms with Crippen LogP contribution in [0.2, 0.25) is 15.1 Å². The number of benzene rings is 3. The van der Waals surface area contributed by atoms with Gasteiger partial charge < -0.3 is 5.32 Å². The molecule has 28 heavy (non-hydrogen) atoms. The first-order chi connectivity index (χ1) is 13.3. The summed E-state index contributed by atoms with van der Waals surface area (Å²) < 4.78 is 27.8. The Bertz CT molecular complexity index is 1140. The Kier molecular flexibility index (Phi) is 6.15. The number of halogens is 3. The monoisotopic (exact) mass is 454 g/mol. The molecule has 3 aromatic carbocycles. The molecule has 0 fully saturated rings. The molecule has 0 aliphatic heterocycles. The number of para-hydroxylation sites is 1. The summed E-state index contributed by atoms with van der Waals surface area (Å²) in [6.45, 7) is 0. The van der Waals surface area contributed by atoms with Crippen LogP contribution < -0.4 is 10.0 Å². The number of rotatable bonds is 5. The average molecular weight is 456 g/mol. The Morgan fingerprint density at radius 2 is 1.50 bits per heavy atom. The SMILES string of the molecule is O=C(Nc1cc(Cl)ccc1Cl)c1ccc(Cl)c(S(=O)(=O)Nc2ccccc2)c1. The second kappa shape index (κ2) is 8.41. The van der Waals surface area contributed by atoms with Crippen molar-refractivity contribution < 1.29 is 13.2 Å². The second-order valence-electron chi connectivity index (χ2n) is 5.70. The fourth-order valence-corrected chi connectivity index (χ4v) is 4.28. The predicted octanol–water partition coefficient (Wildman–Crippen LogP) is 5.70. The molecule has 0 radical (unpaired) electrons. The molecule has 0 spiro atoms. The molecular weight excluding hydrogens is 443 g/mol. The lowest BCUT2D eigenvalue weighted by molar-refractivity contribution is 0.102. The van der Waals surface area contributed by atoms with Crippen LogP contribution in [0.5, 0.6) is 0 Å². The largest absolute Gasteiger partial charge is 0.321 e. The van der Waals surface area contributed by atoms with E-state index in [9.17, 15) is 13.2 Å². The van der Waals surface area contributed by atoms with Crippen molar-refractivity contribution in [1.82, 2.24) is 0 Å². The van der Waals surface area contributed by atoms with Crippen LogP contribution in [0.4, 0.5) is 11.4 Å². The number of nitrogens with one attached hydrogen (secondary N) is 2. The van der Waals surface area contributed by atoms with Gasteiger partial charge in [0.2, 0.25) is 0 Å². The fourth-order valence-electron chi connectivity index (χ4n) is 2.35. The Morgan fingerprint density at radius 3 is 2.21 bits per heavy atom. The molecular formula is C19H13Cl3N2O3S. The summed E-state index contributed by atoms with van der Waals surface area (Å²) in [6.07, 6.45) is 0. The minimum atomic E-state index is -4.00. The molecule has 2 N–H and O–H groups in total. The number of carbonyl (C=O) groups is 1. The fraction of sp³-hybridized carbons (Fsp3) is 0. The van der Waals surface area contributed by atoms with E-state index in [2.05, 4.69) is 10.0 Å². The predicted molar refractivity (Wildman–Crippen MR) is 113 cm³/mol. The van der Waals surface area contributed by atoms with Gasteiger partial charge in [0.1, 0.15) is 4.90 Å². The highest BCUT2D eigenvalue weighted by molar-refractivity contribution is 7.92. The molecule has 1 amide bonds. The minimum absolute atomic E-state index is 0.0132. The van der Waals surface area contributed by atoms with Crippen LogP contribution in [0.25, 0.3) is 0 Å². The van der Waals surface area contributed by atoms with E-state index < -0.39 is 15.9 Å². The number of hydrogen-bond donors (Lipinski definition) is 2. The molecule has 0 aromatic heterocycles. The molecule has 144 valence electrons. The normalized spacial score (nSPS) is 11.1. The van der Waals surface area contributed by atoms with Gasteiger partial charge in [-0.05, 0) is 48.5 Å². The summed E-state index contributed by atoms with van der Waals surface area (Å²) in [4.78, 5) is 12.3. The zero-order valence-electron chi connectivity index (χ0n) is 14.1. The van der Waals surface area contributed by atoms with Crippen LogP contribution in [0.1, 0.15) is 10.4 Å². The van der Waals surface area contributed by atoms with E-state index in [1.54, 1.807) is 42.5 Å². The Balaban J connectivity index is 1.90. The van der Waals surface area contributed by atoms with Crippen molar-refractivity contribution >= 4 is 62.1 Å². The van der Waals surface area contributed by atoms with E-state index >= 15 is 0 Å². The van der Waals surface area contributed by atoms with Crippen LogP contribution in [0.15, 0.2) is 71.6 Å². The highest BCUT2D eigenvalue weighted by Gasteiger charge is 2.21. The minimum Gasteiger partial charge on any atom is -0.321 e. The van der Waals surface area contributed by atoms with Gasteiger partial charge in [0.25, 0.3) is 15.9 Å². The maximum absolute atomic E-state index is 12.7. The van der Waals surface area contributed by atoms with Crippen LogP contribution in [-0.2, 0) is 10.0 Å². The lowest BCUT2D eigenvalue weighted by Crippen LogP contribution is -2.16. The zero-order valence-corrected chi connectivity index (χ0v) is 17.2. The molecule has 5 nitrogen and oxygen atoms in total. The van der Waals surface area contributed by atoms with Gasteiger partial charge in [-0.1, -0.05) is 53.0 Å². The van der Waals surface area contributed by atoms with Gasteiger partial charge in [0, 0.05) is 16.3 Å². The summed E-state index contributed by atoms with van der Waals surface area (Å²) in [5, 5.41) is 3.28. The number of anilines is 2. The first-order valence-electron chi connectivity index (χ1n) is 7.90. The molecule has 9 heteroatoms. The topological polar surface area (TPSA) is 75.3 Å². The second-order valence-corrected chi connectivity index (χ2v) is 8.60. The Labute approximate surface area is 177 Å². The number of amides is 1. The molecule has 0 aliphatic carbocycles. The van der Waals surface area contributed by atoms with Gasteiger partial charge in [-0.25, -0.2) is 8.42 Å². The van der Waals surface area contributed by atoms with Crippen molar-refractivity contribution in [2.45, 2.75) is 4.90 Å². The lowest BCUT2D eigenvalue weighted by Gasteiger charge is -2.12. The highest BCUT2D eigenvalue weighted by Crippen LogP contribution is 2.28. The summed E-state index contributed by atoms with van der Waals surface area (Å²) >= 11 is 18.0. The summed E-state index contributed by atoms with van der Waals surface area (Å²) in [7, 11) is -4.00. The molecule has 0 atom stereocenters. The van der Waals surface area contributed by atoms with E-state index in [1.165, 1.54) is 24.3 Å². The van der Waals surface area contributed by atoms with Crippen molar-refractivity contribution in [2.24, 2.45) is 0 Å². The molecule has 0 saturated heterocycles. The van der Waals surface area contributed by atoms with E-state index in [4.69, 9.17) is 34.8 Å². The van der Waals surface area contributed by atoms with Gasteiger partial charge in [-0.15, -0.1) is 0 Å². The third-order valence-corrected chi connectivity index (χ3v) is 6.11. The quantitative estimate of drug-likeness (QED) is 0.518. The molecule has 3 rings (SSSR count). The molecule has 0 saturated carbocycles. The lowest BCUT2D eigenvalue weighted by atomic mass is 10.2. The van der Waals surface area contributed by atoms with Gasteiger partial charge in [-0.2, -0.15) is 0 Å². The number of hydrogen-bond acceptors (Lipinski definition) is 3. The van der Waals surface area contributed by atoms with E-state index in [-0.39, 0.29) is 15.5 Å². The first kappa shape index (κ1) is 20.5. The van der Waals surface area contributed by atoms with Crippen LogP contribution >= 0.6 is 34.8 Å². The maximum Gasteiger partial charge on any atom is 0.263 e. The Morgan fingerprint density at radius 1 is 0.821 bits per heavy atom. The van der Waals surface area contributed by atoms with Crippen molar-refractivity contribution in [1.29, 1.82) is 0 Å². The first-order valence-corrected chi connectivity index (χ1v) is 10.5. The van der Waals surface area contributed by atoms with Crippen molar-refractivity contribution in [2.75, 3.05) is 10.0 Å². The van der Waals surface area contributed by atoms with Gasteiger partial charge in [0.05, 0.1) is 15.7 Å². The van der Waals surface area contributed by atoms with E-state index in [0.717, 1.165) is 0 Å². The van der Waals surface area contributed by atoms with Crippen LogP contribution in [-0.4, -0.2) is 14.3 Å². The third-order valence-electron chi connectivity index (χ3n) is 3.69. The van der Waals surface area contributed by atoms with Crippen molar-refractivity contribution in [3.05, 3.63) is 87.4 Å². The molecule has 0 aliphatic rings. The molecule has 0 bridgehead atoms. The molecule has 0 heterocycles. The number of sulfonamides is 1. The summed E-state index contributed by atoms with van der Waals surface area (Å²) in [6, 6.07) is 16.9. The van der Waals surface area contributed by atoms with Crippen molar-refractivity contribution in [3.8, 4) is 0 Å². The van der Waals surface area contributed by atoms with Gasteiger partial charge in [0.15, 0.2) is 0 Å². The van der Waals surface area contributed by atoms with Crippen LogP contribution in [0, 0.1) is 0 Å².